The van der Waals surface area contributed by atoms with Gasteiger partial charge in [-0.15, -0.1) is 0 Å². The van der Waals surface area contributed by atoms with Gasteiger partial charge in [-0.2, -0.15) is 0 Å². The van der Waals surface area contributed by atoms with E-state index >= 15 is 0 Å². The van der Waals surface area contributed by atoms with Crippen LogP contribution in [0.25, 0.3) is 0 Å². The Labute approximate surface area is 377 Å². The summed E-state index contributed by atoms with van der Waals surface area (Å²) in [7, 11) is -82.8. The first-order valence-corrected chi connectivity index (χ1v) is 58.7. The van der Waals surface area contributed by atoms with E-state index in [-0.39, 0.29) is 0 Å². The van der Waals surface area contributed by atoms with Crippen LogP contribution in [-0.2, 0) is 111 Å². The molecule has 0 atom stereocenters. The maximum absolute atomic E-state index is 7.66. The average molecular weight is 1200 g/mol. The maximum atomic E-state index is 7.66. The first-order chi connectivity index (χ1) is 29.3. The lowest BCUT2D eigenvalue weighted by atomic mass is 10.6. The molecule has 0 radical (unpaired) electrons. The monoisotopic (exact) mass is 1190 g/mol. The zero-order valence-corrected chi connectivity index (χ0v) is 53.5. The minimum atomic E-state index is -4.90. The normalized spacial score (nSPS) is 68.3. The third-order valence-corrected chi connectivity index (χ3v) is 133. The molecule has 21 heterocycles. The van der Waals surface area contributed by atoms with Crippen molar-refractivity contribution in [1.82, 2.24) is 0 Å². The van der Waals surface area contributed by atoms with Crippen LogP contribution >= 0.6 is 0 Å². The third kappa shape index (κ3) is 3.94. The fraction of sp³-hybridized carbons (Fsp3) is 1.00. The Morgan fingerprint density at radius 3 is 0.333 bits per heavy atom. The molecule has 0 amide bonds. The van der Waals surface area contributed by atoms with E-state index in [1.54, 1.807) is 0 Å². The van der Waals surface area contributed by atoms with Crippen LogP contribution in [0.1, 0.15) is 83.1 Å². The summed E-state index contributed by atoms with van der Waals surface area (Å²) in [4.78, 5) is 0. The smallest absolute Gasteiger partial charge is 0.373 e. The van der Waals surface area contributed by atoms with E-state index in [0.29, 0.717) is 0 Å². The Bertz CT molecular complexity index is 1840. The van der Waals surface area contributed by atoms with Crippen LogP contribution in [-0.4, -0.2) is 153 Å². The van der Waals surface area contributed by atoms with Gasteiger partial charge in [-0.1, -0.05) is 83.1 Å². The first kappa shape index (κ1) is 42.3. The molecule has 18 bridgehead atoms. The van der Waals surface area contributed by atoms with Crippen LogP contribution in [0.15, 0.2) is 0 Å². The fourth-order valence-electron chi connectivity index (χ4n) is 10.5. The Kier molecular flexibility index (Phi) is 7.31. The number of rotatable bonds is 6. The van der Waals surface area contributed by atoms with Crippen LogP contribution in [0.2, 0.25) is 33.2 Å². The zero-order valence-electron chi connectivity index (χ0n) is 35.5. The lowest BCUT2D eigenvalue weighted by Gasteiger charge is -2.81. The van der Waals surface area contributed by atoms with Crippen LogP contribution in [0.5, 0.6) is 0 Å². The van der Waals surface area contributed by atoms with Crippen LogP contribution in [0, 0.1) is 0 Å². The first-order valence-electron chi connectivity index (χ1n) is 21.2. The summed E-state index contributed by atoms with van der Waals surface area (Å²) in [5.41, 5.74) is -2.50. The molecule has 0 saturated carbocycles. The summed E-state index contributed by atoms with van der Waals surface area (Å²) in [5, 5.41) is 0. The molecule has 21 rings (SSSR count). The van der Waals surface area contributed by atoms with Gasteiger partial charge < -0.3 is 111 Å². The summed E-state index contributed by atoms with van der Waals surface area (Å²) in [6.07, 6.45) is 0. The molecule has 0 N–H and O–H groups in total. The second kappa shape index (κ2) is 10.9. The molecule has 45 heteroatoms. The molecule has 348 valence electrons. The van der Waals surface area contributed by atoms with Gasteiger partial charge in [0.25, 0.3) is 0 Å². The molecular formula is C18H42O27Si18. The standard InChI is InChI=1S/C18H42O27Si18/c1-13(2)46-19-47(14(3)4)21-48(20-46,15(5)6)27-54-32-52(25-46)31-53(26-47,33-54)59-37-58(52)38-60(54,39-59)45-63-41-61(43-58)40-62(42-63,44-59)56-29-50(17(9)10)22-49(16(7)8)23-51(24-50,18(11)12)30-57(63,36-56)35-55(61,28-49)34-56/h13-18H,1-12H3. The summed E-state index contributed by atoms with van der Waals surface area (Å²) in [5.74, 6) is 0. The third-order valence-electron chi connectivity index (χ3n) is 13.9. The molecule has 0 unspecified atom stereocenters. The van der Waals surface area contributed by atoms with Crippen molar-refractivity contribution in [3.8, 4) is 0 Å². The van der Waals surface area contributed by atoms with Gasteiger partial charge >= 0.3 is 153 Å². The van der Waals surface area contributed by atoms with Gasteiger partial charge in [0.1, 0.15) is 0 Å². The highest BCUT2D eigenvalue weighted by molar-refractivity contribution is 7.64. The van der Waals surface area contributed by atoms with Gasteiger partial charge in [0, 0.05) is 33.2 Å². The van der Waals surface area contributed by atoms with E-state index in [0.717, 1.165) is 0 Å². The van der Waals surface area contributed by atoms with Gasteiger partial charge in [-0.3, -0.25) is 0 Å². The minimum absolute atomic E-state index is 0.417. The van der Waals surface area contributed by atoms with E-state index in [2.05, 4.69) is 0 Å². The van der Waals surface area contributed by atoms with Crippen molar-refractivity contribution >= 4 is 153 Å². The largest absolute Gasteiger partial charge is 0.553 e. The predicted molar refractivity (Wildman–Crippen MR) is 223 cm³/mol. The Hall–Kier alpha value is 2.82. The molecule has 0 aromatic carbocycles. The van der Waals surface area contributed by atoms with Crippen LogP contribution in [0.4, 0.5) is 0 Å². The number of hydrogen-bond acceptors (Lipinski definition) is 27. The fourth-order valence-corrected chi connectivity index (χ4v) is 213. The highest BCUT2D eigenvalue weighted by Gasteiger charge is 3.20. The summed E-state index contributed by atoms with van der Waals surface area (Å²) in [6.45, 7) is 23.3. The van der Waals surface area contributed by atoms with Crippen molar-refractivity contribution in [1.29, 1.82) is 0 Å². The molecular weight excluding hydrogens is 1150 g/mol. The van der Waals surface area contributed by atoms with Gasteiger partial charge in [0.05, 0.1) is 0 Å². The molecule has 21 aliphatic heterocycles. The molecule has 0 aliphatic carbocycles. The molecule has 0 aromatic rings. The van der Waals surface area contributed by atoms with E-state index in [9.17, 15) is 0 Å². The average Bonchev–Trinajstić information content (AvgIpc) is 3.12. The van der Waals surface area contributed by atoms with Crippen molar-refractivity contribution in [2.24, 2.45) is 0 Å². The van der Waals surface area contributed by atoms with E-state index < -0.39 is 186 Å². The Morgan fingerprint density at radius 1 is 0.143 bits per heavy atom. The Balaban J connectivity index is 1.03. The maximum Gasteiger partial charge on any atom is 0.553 e. The molecule has 21 saturated heterocycles. The van der Waals surface area contributed by atoms with Crippen LogP contribution in [0.3, 0.4) is 0 Å². The van der Waals surface area contributed by atoms with E-state index in [1.165, 1.54) is 0 Å². The molecule has 12 spiro atoms. The van der Waals surface area contributed by atoms with Crippen molar-refractivity contribution in [3.05, 3.63) is 0 Å². The molecule has 0 aromatic heterocycles. The topological polar surface area (TPSA) is 249 Å². The molecule has 63 heavy (non-hydrogen) atoms. The quantitative estimate of drug-likeness (QED) is 0.304. The SMILES string of the molecule is CC(C)[Si]12O[Si]3(C(C)C)O[Si](C(C)C)(O1)O[Si]14O[Si]5(O2)O[Si](O3)(O1)[Si]12O[Si]53O[Si]4(O1)O[Si]14O[Si]5(O[Si](O1)(O2)[Si]12O[Si]6(C(C)C)O[Si]7(C(C)C)O[Si](C(C)C)(O6)O[Si]4(O[Si]5(O7)O1)O2)O3. The highest BCUT2D eigenvalue weighted by Crippen LogP contribution is 2.75. The molecule has 21 aliphatic rings. The second-order valence-electron chi connectivity index (χ2n) is 20.0. The van der Waals surface area contributed by atoms with Crippen LogP contribution < -0.4 is 0 Å². The van der Waals surface area contributed by atoms with E-state index in [1.807, 2.05) is 83.1 Å². The van der Waals surface area contributed by atoms with Gasteiger partial charge in [0.15, 0.2) is 0 Å². The van der Waals surface area contributed by atoms with Crippen molar-refractivity contribution < 1.29 is 111 Å². The Morgan fingerprint density at radius 2 is 0.238 bits per heavy atom. The predicted octanol–water partition coefficient (Wildman–Crippen LogP) is -0.517. The lowest BCUT2D eigenvalue weighted by molar-refractivity contribution is -0.115. The van der Waals surface area contributed by atoms with Gasteiger partial charge in [0.2, 0.25) is 0 Å². The van der Waals surface area contributed by atoms with Crippen molar-refractivity contribution in [2.75, 3.05) is 0 Å². The summed E-state index contributed by atoms with van der Waals surface area (Å²) >= 11 is 0. The lowest BCUT2D eigenvalue weighted by Crippen LogP contribution is -3.20. The van der Waals surface area contributed by atoms with Gasteiger partial charge in [-0.05, 0) is 0 Å². The zero-order chi connectivity index (χ0) is 43.6. The van der Waals surface area contributed by atoms with E-state index in [4.69, 9.17) is 111 Å². The second-order valence-corrected chi connectivity index (χ2v) is 91.6. The summed E-state index contributed by atoms with van der Waals surface area (Å²) in [6, 6.07) is 0. The minimum Gasteiger partial charge on any atom is -0.373 e. The molecule has 27 nitrogen and oxygen atoms in total. The highest BCUT2D eigenvalue weighted by atomic mass is 29.5. The van der Waals surface area contributed by atoms with Crippen molar-refractivity contribution in [3.63, 3.8) is 0 Å². The molecule has 21 fully saturated rings. The number of hydrogen-bond donors (Lipinski definition) is 0. The van der Waals surface area contributed by atoms with Gasteiger partial charge in [-0.25, -0.2) is 0 Å². The van der Waals surface area contributed by atoms with Crippen molar-refractivity contribution in [2.45, 2.75) is 116 Å². The summed E-state index contributed by atoms with van der Waals surface area (Å²) < 4.78 is 201.